The third-order valence-electron chi connectivity index (χ3n) is 4.65. The van der Waals surface area contributed by atoms with Crippen molar-refractivity contribution >= 4 is 0 Å². The second-order valence-corrected chi connectivity index (χ2v) is 5.69. The van der Waals surface area contributed by atoms with E-state index in [1.165, 1.54) is 37.9 Å². The van der Waals surface area contributed by atoms with Crippen LogP contribution in [0.5, 0.6) is 0 Å². The summed E-state index contributed by atoms with van der Waals surface area (Å²) in [7, 11) is 0. The van der Waals surface area contributed by atoms with E-state index < -0.39 is 0 Å². The molecule has 0 saturated carbocycles. The van der Waals surface area contributed by atoms with Gasteiger partial charge in [0, 0.05) is 6.54 Å². The molecule has 1 saturated heterocycles. The molecule has 1 aliphatic heterocycles. The summed E-state index contributed by atoms with van der Waals surface area (Å²) in [5.74, 6) is 2.00. The van der Waals surface area contributed by atoms with E-state index in [2.05, 4.69) is 31.7 Å². The summed E-state index contributed by atoms with van der Waals surface area (Å²) in [6.07, 6.45) is 3.89. The van der Waals surface area contributed by atoms with Gasteiger partial charge in [-0.3, -0.25) is 4.90 Å². The number of aryl methyl sites for hydroxylation is 1. The van der Waals surface area contributed by atoms with Crippen LogP contribution in [-0.2, 0) is 13.1 Å². The second-order valence-electron chi connectivity index (χ2n) is 5.69. The number of hydrogen-bond acceptors (Lipinski definition) is 3. The highest BCUT2D eigenvalue weighted by Gasteiger charge is 2.34. The Kier molecular flexibility index (Phi) is 4.13. The smallest absolute Gasteiger partial charge is 0.120 e. The van der Waals surface area contributed by atoms with Crippen LogP contribution in [0.4, 0.5) is 0 Å². The van der Waals surface area contributed by atoms with Crippen LogP contribution in [0, 0.1) is 12.3 Å². The summed E-state index contributed by atoms with van der Waals surface area (Å²) in [4.78, 5) is 2.52. The molecule has 18 heavy (non-hydrogen) atoms. The van der Waals surface area contributed by atoms with E-state index in [0.29, 0.717) is 12.0 Å². The predicted molar refractivity (Wildman–Crippen MR) is 74.2 cm³/mol. The fraction of sp³-hybridized carbons (Fsp3) is 0.733. The third kappa shape index (κ3) is 2.62. The molecule has 0 aromatic carbocycles. The van der Waals surface area contributed by atoms with E-state index in [0.717, 1.165) is 18.1 Å². The summed E-state index contributed by atoms with van der Waals surface area (Å²) in [5.41, 5.74) is 7.38. The van der Waals surface area contributed by atoms with Gasteiger partial charge in [0.1, 0.15) is 11.5 Å². The van der Waals surface area contributed by atoms with E-state index in [1.807, 2.05) is 0 Å². The molecule has 2 N–H and O–H groups in total. The van der Waals surface area contributed by atoms with Crippen LogP contribution < -0.4 is 5.73 Å². The van der Waals surface area contributed by atoms with Crippen molar-refractivity contribution in [3.8, 4) is 0 Å². The van der Waals surface area contributed by atoms with Crippen molar-refractivity contribution in [2.24, 2.45) is 11.1 Å². The molecule has 102 valence electrons. The SMILES string of the molecule is CCC1(CC)CCN(Cc2cc(C)c(CN)o2)C1. The molecular weight excluding hydrogens is 224 g/mol. The van der Waals surface area contributed by atoms with Crippen LogP contribution in [0.1, 0.15) is 50.2 Å². The number of nitrogens with zero attached hydrogens (tertiary/aromatic N) is 1. The van der Waals surface area contributed by atoms with Gasteiger partial charge in [-0.1, -0.05) is 13.8 Å². The number of rotatable bonds is 5. The van der Waals surface area contributed by atoms with Gasteiger partial charge in [0.25, 0.3) is 0 Å². The molecule has 1 fully saturated rings. The number of furan rings is 1. The summed E-state index contributed by atoms with van der Waals surface area (Å²) in [6.45, 7) is 10.5. The fourth-order valence-corrected chi connectivity index (χ4v) is 3.08. The maximum Gasteiger partial charge on any atom is 0.120 e. The average molecular weight is 250 g/mol. The Hall–Kier alpha value is -0.800. The largest absolute Gasteiger partial charge is 0.463 e. The van der Waals surface area contributed by atoms with Crippen molar-refractivity contribution in [1.29, 1.82) is 0 Å². The number of hydrogen-bond donors (Lipinski definition) is 1. The lowest BCUT2D eigenvalue weighted by Gasteiger charge is -2.26. The van der Waals surface area contributed by atoms with Gasteiger partial charge in [-0.2, -0.15) is 0 Å². The predicted octanol–water partition coefficient (Wildman–Crippen LogP) is 3.06. The van der Waals surface area contributed by atoms with Crippen LogP contribution in [0.3, 0.4) is 0 Å². The minimum Gasteiger partial charge on any atom is -0.463 e. The molecule has 1 aliphatic rings. The summed E-state index contributed by atoms with van der Waals surface area (Å²) >= 11 is 0. The normalized spacial score (nSPS) is 19.6. The first-order valence-corrected chi connectivity index (χ1v) is 7.13. The van der Waals surface area contributed by atoms with Crippen molar-refractivity contribution < 1.29 is 4.42 Å². The molecule has 0 radical (unpaired) electrons. The quantitative estimate of drug-likeness (QED) is 0.873. The van der Waals surface area contributed by atoms with E-state index >= 15 is 0 Å². The molecule has 1 aromatic rings. The lowest BCUT2D eigenvalue weighted by atomic mass is 9.82. The molecule has 0 bridgehead atoms. The van der Waals surface area contributed by atoms with Gasteiger partial charge in [-0.05, 0) is 49.8 Å². The Labute approximate surface area is 110 Å². The van der Waals surface area contributed by atoms with E-state index in [1.54, 1.807) is 0 Å². The zero-order valence-electron chi connectivity index (χ0n) is 12.0. The molecule has 0 amide bonds. The molecule has 0 spiro atoms. The van der Waals surface area contributed by atoms with Crippen molar-refractivity contribution in [1.82, 2.24) is 4.90 Å². The van der Waals surface area contributed by atoms with Gasteiger partial charge in [-0.25, -0.2) is 0 Å². The Morgan fingerprint density at radius 1 is 1.39 bits per heavy atom. The molecule has 2 heterocycles. The van der Waals surface area contributed by atoms with Gasteiger partial charge in [0.05, 0.1) is 13.1 Å². The molecule has 3 nitrogen and oxygen atoms in total. The van der Waals surface area contributed by atoms with Crippen LogP contribution in [0.25, 0.3) is 0 Å². The van der Waals surface area contributed by atoms with Crippen LogP contribution >= 0.6 is 0 Å². The van der Waals surface area contributed by atoms with E-state index in [9.17, 15) is 0 Å². The molecular formula is C15H26N2O. The standard InChI is InChI=1S/C15H26N2O/c1-4-15(5-2)6-7-17(11-15)10-13-8-12(3)14(9-16)18-13/h8H,4-7,9-11,16H2,1-3H3. The van der Waals surface area contributed by atoms with Crippen molar-refractivity contribution in [2.45, 2.75) is 53.1 Å². The van der Waals surface area contributed by atoms with Gasteiger partial charge in [0.2, 0.25) is 0 Å². The zero-order chi connectivity index (χ0) is 13.2. The maximum absolute atomic E-state index is 5.79. The highest BCUT2D eigenvalue weighted by molar-refractivity contribution is 5.20. The second kappa shape index (κ2) is 5.45. The first-order chi connectivity index (χ1) is 8.62. The van der Waals surface area contributed by atoms with Gasteiger partial charge >= 0.3 is 0 Å². The number of nitrogens with two attached hydrogens (primary N) is 1. The Morgan fingerprint density at radius 3 is 2.61 bits per heavy atom. The van der Waals surface area contributed by atoms with Crippen LogP contribution in [0.2, 0.25) is 0 Å². The molecule has 0 unspecified atom stereocenters. The maximum atomic E-state index is 5.79. The van der Waals surface area contributed by atoms with Crippen LogP contribution in [-0.4, -0.2) is 18.0 Å². The molecule has 0 atom stereocenters. The molecule has 2 rings (SSSR count). The molecule has 0 aliphatic carbocycles. The lowest BCUT2D eigenvalue weighted by molar-refractivity contribution is 0.224. The third-order valence-corrected chi connectivity index (χ3v) is 4.65. The van der Waals surface area contributed by atoms with Gasteiger partial charge in [0.15, 0.2) is 0 Å². The summed E-state index contributed by atoms with van der Waals surface area (Å²) in [6, 6.07) is 2.14. The molecule has 1 aromatic heterocycles. The van der Waals surface area contributed by atoms with Crippen molar-refractivity contribution in [3.05, 3.63) is 23.2 Å². The van der Waals surface area contributed by atoms with E-state index in [-0.39, 0.29) is 0 Å². The van der Waals surface area contributed by atoms with Gasteiger partial charge < -0.3 is 10.2 Å². The zero-order valence-corrected chi connectivity index (χ0v) is 12.0. The highest BCUT2D eigenvalue weighted by Crippen LogP contribution is 2.37. The Bertz CT molecular complexity index is 393. The van der Waals surface area contributed by atoms with Crippen molar-refractivity contribution in [2.75, 3.05) is 13.1 Å². The summed E-state index contributed by atoms with van der Waals surface area (Å²) < 4.78 is 5.79. The monoisotopic (exact) mass is 250 g/mol. The Morgan fingerprint density at radius 2 is 2.11 bits per heavy atom. The fourth-order valence-electron chi connectivity index (χ4n) is 3.08. The first-order valence-electron chi connectivity index (χ1n) is 7.13. The minimum absolute atomic E-state index is 0.500. The average Bonchev–Trinajstić information content (AvgIpc) is 2.94. The topological polar surface area (TPSA) is 42.4 Å². The van der Waals surface area contributed by atoms with Crippen LogP contribution in [0.15, 0.2) is 10.5 Å². The van der Waals surface area contributed by atoms with Gasteiger partial charge in [-0.15, -0.1) is 0 Å². The summed E-state index contributed by atoms with van der Waals surface area (Å²) in [5, 5.41) is 0. The first kappa shape index (κ1) is 13.6. The van der Waals surface area contributed by atoms with Crippen molar-refractivity contribution in [3.63, 3.8) is 0 Å². The Balaban J connectivity index is 1.98. The van der Waals surface area contributed by atoms with E-state index in [4.69, 9.17) is 10.2 Å². The molecule has 3 heteroatoms. The lowest BCUT2D eigenvalue weighted by Crippen LogP contribution is -2.25. The number of likely N-dealkylation sites (tertiary alicyclic amines) is 1. The highest BCUT2D eigenvalue weighted by atomic mass is 16.3. The minimum atomic E-state index is 0.500.